The normalized spacial score (nSPS) is 19.6. The maximum absolute atomic E-state index is 5.86. The highest BCUT2D eigenvalue weighted by Gasteiger charge is 2.16. The number of hydrogen-bond donors (Lipinski definition) is 1. The Labute approximate surface area is 108 Å². The van der Waals surface area contributed by atoms with Gasteiger partial charge in [0.15, 0.2) is 11.5 Å². The molecule has 1 aliphatic rings. The monoisotopic (exact) mass is 251 g/mol. The summed E-state index contributed by atoms with van der Waals surface area (Å²) in [5, 5.41) is 0. The molecule has 0 aromatic heterocycles. The van der Waals surface area contributed by atoms with E-state index in [4.69, 9.17) is 19.9 Å². The van der Waals surface area contributed by atoms with Gasteiger partial charge in [0.2, 0.25) is 0 Å². The van der Waals surface area contributed by atoms with Crippen LogP contribution in [0.25, 0.3) is 0 Å². The van der Waals surface area contributed by atoms with Gasteiger partial charge in [0, 0.05) is 18.7 Å². The molecule has 1 aliphatic heterocycles. The molecular weight excluding hydrogens is 230 g/mol. The van der Waals surface area contributed by atoms with Crippen LogP contribution in [0.5, 0.6) is 11.5 Å². The molecule has 18 heavy (non-hydrogen) atoms. The molecule has 1 heterocycles. The van der Waals surface area contributed by atoms with Gasteiger partial charge in [-0.1, -0.05) is 12.1 Å². The van der Waals surface area contributed by atoms with Crippen molar-refractivity contribution in [2.45, 2.75) is 31.9 Å². The van der Waals surface area contributed by atoms with Gasteiger partial charge in [-0.2, -0.15) is 0 Å². The van der Waals surface area contributed by atoms with E-state index in [0.29, 0.717) is 13.2 Å². The topological polar surface area (TPSA) is 53.7 Å². The van der Waals surface area contributed by atoms with Crippen molar-refractivity contribution in [2.24, 2.45) is 5.73 Å². The van der Waals surface area contributed by atoms with Gasteiger partial charge < -0.3 is 19.9 Å². The fraction of sp³-hybridized carbons (Fsp3) is 0.571. The molecule has 1 saturated heterocycles. The molecular formula is C14H21NO3. The molecule has 2 rings (SSSR count). The zero-order chi connectivity index (χ0) is 12.8. The van der Waals surface area contributed by atoms with Crippen LogP contribution in [0.15, 0.2) is 18.2 Å². The van der Waals surface area contributed by atoms with Gasteiger partial charge >= 0.3 is 0 Å². The number of nitrogens with two attached hydrogens (primary N) is 1. The fourth-order valence-corrected chi connectivity index (χ4v) is 2.16. The van der Waals surface area contributed by atoms with E-state index in [1.165, 1.54) is 6.42 Å². The van der Waals surface area contributed by atoms with Gasteiger partial charge in [-0.05, 0) is 25.3 Å². The predicted molar refractivity (Wildman–Crippen MR) is 70.0 cm³/mol. The minimum Gasteiger partial charge on any atom is -0.493 e. The Bertz CT molecular complexity index is 353. The first-order valence-electron chi connectivity index (χ1n) is 6.45. The standard InChI is InChI=1S/C14H21NO3/c1-16-13-7-4-5-11(9-15)14(13)18-10-12-6-2-3-8-17-12/h4-5,7,12H,2-3,6,8-10,15H2,1H3. The average molecular weight is 251 g/mol. The van der Waals surface area contributed by atoms with Gasteiger partial charge in [0.05, 0.1) is 13.2 Å². The summed E-state index contributed by atoms with van der Waals surface area (Å²) in [7, 11) is 1.64. The van der Waals surface area contributed by atoms with E-state index in [1.807, 2.05) is 18.2 Å². The van der Waals surface area contributed by atoms with Gasteiger partial charge in [-0.3, -0.25) is 0 Å². The van der Waals surface area contributed by atoms with E-state index >= 15 is 0 Å². The van der Waals surface area contributed by atoms with Crippen molar-refractivity contribution in [3.63, 3.8) is 0 Å². The summed E-state index contributed by atoms with van der Waals surface area (Å²) >= 11 is 0. The number of methoxy groups -OCH3 is 1. The summed E-state index contributed by atoms with van der Waals surface area (Å²) in [4.78, 5) is 0. The maximum Gasteiger partial charge on any atom is 0.165 e. The molecule has 4 heteroatoms. The van der Waals surface area contributed by atoms with E-state index < -0.39 is 0 Å². The second-order valence-electron chi connectivity index (χ2n) is 4.45. The summed E-state index contributed by atoms with van der Waals surface area (Å²) in [6.45, 7) is 1.84. The first-order chi connectivity index (χ1) is 8.85. The summed E-state index contributed by atoms with van der Waals surface area (Å²) in [6.07, 6.45) is 3.62. The van der Waals surface area contributed by atoms with Crippen LogP contribution in [-0.4, -0.2) is 26.4 Å². The highest BCUT2D eigenvalue weighted by atomic mass is 16.5. The maximum atomic E-state index is 5.86. The molecule has 1 unspecified atom stereocenters. The van der Waals surface area contributed by atoms with E-state index in [-0.39, 0.29) is 6.10 Å². The number of hydrogen-bond acceptors (Lipinski definition) is 4. The van der Waals surface area contributed by atoms with Crippen LogP contribution >= 0.6 is 0 Å². The molecule has 4 nitrogen and oxygen atoms in total. The molecule has 0 aliphatic carbocycles. The minimum atomic E-state index is 0.189. The van der Waals surface area contributed by atoms with E-state index in [9.17, 15) is 0 Å². The van der Waals surface area contributed by atoms with Crippen molar-refractivity contribution in [1.29, 1.82) is 0 Å². The Balaban J connectivity index is 2.02. The van der Waals surface area contributed by atoms with Gasteiger partial charge in [-0.15, -0.1) is 0 Å². The quantitative estimate of drug-likeness (QED) is 0.870. The van der Waals surface area contributed by atoms with Crippen LogP contribution in [0.1, 0.15) is 24.8 Å². The molecule has 1 atom stereocenters. The second-order valence-corrected chi connectivity index (χ2v) is 4.45. The number of ether oxygens (including phenoxy) is 3. The smallest absolute Gasteiger partial charge is 0.165 e. The van der Waals surface area contributed by atoms with E-state index in [2.05, 4.69) is 0 Å². The lowest BCUT2D eigenvalue weighted by atomic mass is 10.1. The lowest BCUT2D eigenvalue weighted by Gasteiger charge is -2.23. The Hall–Kier alpha value is -1.26. The molecule has 1 fully saturated rings. The van der Waals surface area contributed by atoms with Crippen LogP contribution in [0.2, 0.25) is 0 Å². The number of benzene rings is 1. The molecule has 0 spiro atoms. The molecule has 0 saturated carbocycles. The van der Waals surface area contributed by atoms with Crippen LogP contribution < -0.4 is 15.2 Å². The lowest BCUT2D eigenvalue weighted by Crippen LogP contribution is -2.26. The van der Waals surface area contributed by atoms with E-state index in [1.54, 1.807) is 7.11 Å². The van der Waals surface area contributed by atoms with Crippen molar-refractivity contribution in [1.82, 2.24) is 0 Å². The molecule has 1 aromatic carbocycles. The Kier molecular flexibility index (Phi) is 4.84. The zero-order valence-electron chi connectivity index (χ0n) is 10.9. The van der Waals surface area contributed by atoms with Crippen molar-refractivity contribution in [3.05, 3.63) is 23.8 Å². The Morgan fingerprint density at radius 3 is 2.94 bits per heavy atom. The molecule has 0 bridgehead atoms. The van der Waals surface area contributed by atoms with Crippen molar-refractivity contribution in [2.75, 3.05) is 20.3 Å². The Morgan fingerprint density at radius 1 is 1.39 bits per heavy atom. The van der Waals surface area contributed by atoms with Gasteiger partial charge in [0.1, 0.15) is 6.61 Å². The van der Waals surface area contributed by atoms with Crippen molar-refractivity contribution >= 4 is 0 Å². The zero-order valence-corrected chi connectivity index (χ0v) is 10.9. The summed E-state index contributed by atoms with van der Waals surface area (Å²) in [5.41, 5.74) is 6.68. The highest BCUT2D eigenvalue weighted by Crippen LogP contribution is 2.31. The van der Waals surface area contributed by atoms with Crippen LogP contribution in [0.4, 0.5) is 0 Å². The molecule has 100 valence electrons. The second kappa shape index (κ2) is 6.61. The first-order valence-corrected chi connectivity index (χ1v) is 6.45. The van der Waals surface area contributed by atoms with Crippen LogP contribution in [0.3, 0.4) is 0 Å². The molecule has 0 amide bonds. The minimum absolute atomic E-state index is 0.189. The van der Waals surface area contributed by atoms with Gasteiger partial charge in [-0.25, -0.2) is 0 Å². The SMILES string of the molecule is COc1cccc(CN)c1OCC1CCCCO1. The average Bonchev–Trinajstić information content (AvgIpc) is 2.45. The Morgan fingerprint density at radius 2 is 2.28 bits per heavy atom. The third-order valence-corrected chi connectivity index (χ3v) is 3.19. The van der Waals surface area contributed by atoms with Crippen LogP contribution in [0, 0.1) is 0 Å². The first kappa shape index (κ1) is 13.2. The lowest BCUT2D eigenvalue weighted by molar-refractivity contribution is -0.0116. The molecule has 0 radical (unpaired) electrons. The summed E-state index contributed by atoms with van der Waals surface area (Å²) in [6, 6.07) is 5.76. The molecule has 1 aromatic rings. The van der Waals surface area contributed by atoms with Crippen molar-refractivity contribution < 1.29 is 14.2 Å². The number of rotatable bonds is 5. The van der Waals surface area contributed by atoms with E-state index in [0.717, 1.165) is 36.5 Å². The number of para-hydroxylation sites is 1. The summed E-state index contributed by atoms with van der Waals surface area (Å²) in [5.74, 6) is 1.48. The third kappa shape index (κ3) is 3.15. The van der Waals surface area contributed by atoms with Crippen molar-refractivity contribution in [3.8, 4) is 11.5 Å². The van der Waals surface area contributed by atoms with Crippen LogP contribution in [-0.2, 0) is 11.3 Å². The predicted octanol–water partition coefficient (Wildman–Crippen LogP) is 2.10. The van der Waals surface area contributed by atoms with Gasteiger partial charge in [0.25, 0.3) is 0 Å². The fourth-order valence-electron chi connectivity index (χ4n) is 2.16. The highest BCUT2D eigenvalue weighted by molar-refractivity contribution is 5.46. The largest absolute Gasteiger partial charge is 0.493 e. The third-order valence-electron chi connectivity index (χ3n) is 3.19. The molecule has 2 N–H and O–H groups in total. The summed E-state index contributed by atoms with van der Waals surface area (Å²) < 4.78 is 16.8.